The molecule has 0 unspecified atom stereocenters. The van der Waals surface area contributed by atoms with Crippen LogP contribution < -0.4 is 9.80 Å². The molecule has 4 heterocycles. The first-order valence-electron chi connectivity index (χ1n) is 13.6. The number of carbonyl (C=O) groups is 2. The number of hydrogen-bond donors (Lipinski definition) is 0. The highest BCUT2D eigenvalue weighted by molar-refractivity contribution is 7.91. The minimum atomic E-state index is -3.06. The van der Waals surface area contributed by atoms with Gasteiger partial charge in [-0.3, -0.25) is 9.59 Å². The smallest absolute Gasteiger partial charge is 0.242 e. The number of likely N-dealkylation sites (tertiary alicyclic amines) is 1. The molecule has 3 aliphatic heterocycles. The van der Waals surface area contributed by atoms with Crippen LogP contribution in [0.3, 0.4) is 0 Å². The molecule has 0 atom stereocenters. The molecular formula is C27H35FN6O4S. The standard InChI is InChI=1S/C27H35FN6O4S/c1-39(37,38)22-7-10-33(11-8-22)27-29-17-20(18-30-27)23-16-21(28)5-6-24(23)31-12-14-32(15-13-31)26(36)19-34-9-3-2-4-25(34)35/h5-6,16-18,22H,2-4,7-15,19H2,1H3. The van der Waals surface area contributed by atoms with Gasteiger partial charge in [-0.2, -0.15) is 0 Å². The summed E-state index contributed by atoms with van der Waals surface area (Å²) >= 11 is 0. The van der Waals surface area contributed by atoms with E-state index in [-0.39, 0.29) is 29.4 Å². The summed E-state index contributed by atoms with van der Waals surface area (Å²) in [4.78, 5) is 41.5. The summed E-state index contributed by atoms with van der Waals surface area (Å²) in [5.41, 5.74) is 2.21. The third kappa shape index (κ3) is 6.32. The number of halogens is 1. The molecule has 0 radical (unpaired) electrons. The second-order valence-electron chi connectivity index (χ2n) is 10.6. The summed E-state index contributed by atoms with van der Waals surface area (Å²) in [7, 11) is -3.06. The van der Waals surface area contributed by atoms with E-state index in [1.54, 1.807) is 28.3 Å². The number of piperidine rings is 2. The van der Waals surface area contributed by atoms with Crippen LogP contribution in [0.15, 0.2) is 30.6 Å². The van der Waals surface area contributed by atoms with E-state index in [0.29, 0.717) is 82.2 Å². The fourth-order valence-electron chi connectivity index (χ4n) is 5.61. The summed E-state index contributed by atoms with van der Waals surface area (Å²) in [5.74, 6) is 0.188. The fourth-order valence-corrected chi connectivity index (χ4v) is 6.68. The highest BCUT2D eigenvalue weighted by atomic mass is 32.2. The molecule has 10 nitrogen and oxygen atoms in total. The molecule has 39 heavy (non-hydrogen) atoms. The van der Waals surface area contributed by atoms with Gasteiger partial charge in [0.1, 0.15) is 15.7 Å². The van der Waals surface area contributed by atoms with Gasteiger partial charge in [-0.25, -0.2) is 22.8 Å². The highest BCUT2D eigenvalue weighted by Gasteiger charge is 2.29. The summed E-state index contributed by atoms with van der Waals surface area (Å²) < 4.78 is 38.0. The molecule has 5 rings (SSSR count). The number of hydrogen-bond acceptors (Lipinski definition) is 8. The molecule has 0 N–H and O–H groups in total. The summed E-state index contributed by atoms with van der Waals surface area (Å²) in [6.45, 7) is 4.14. The number of piperazine rings is 1. The van der Waals surface area contributed by atoms with Crippen molar-refractivity contribution in [1.29, 1.82) is 0 Å². The first-order chi connectivity index (χ1) is 18.7. The molecule has 0 spiro atoms. The zero-order chi connectivity index (χ0) is 27.6. The minimum Gasteiger partial charge on any atom is -0.367 e. The van der Waals surface area contributed by atoms with Crippen molar-refractivity contribution in [3.8, 4) is 11.1 Å². The van der Waals surface area contributed by atoms with Gasteiger partial charge < -0.3 is 19.6 Å². The number of aromatic nitrogens is 2. The van der Waals surface area contributed by atoms with Crippen molar-refractivity contribution in [3.05, 3.63) is 36.4 Å². The zero-order valence-electron chi connectivity index (χ0n) is 22.3. The molecule has 3 fully saturated rings. The Kier molecular flexibility index (Phi) is 8.01. The van der Waals surface area contributed by atoms with Gasteiger partial charge in [0.15, 0.2) is 0 Å². The lowest BCUT2D eigenvalue weighted by atomic mass is 10.0. The molecular weight excluding hydrogens is 523 g/mol. The van der Waals surface area contributed by atoms with Gasteiger partial charge in [0, 0.05) is 87.7 Å². The van der Waals surface area contributed by atoms with Gasteiger partial charge in [0.2, 0.25) is 17.8 Å². The van der Waals surface area contributed by atoms with Crippen LogP contribution in [0.2, 0.25) is 0 Å². The van der Waals surface area contributed by atoms with E-state index in [9.17, 15) is 22.4 Å². The van der Waals surface area contributed by atoms with Gasteiger partial charge in [-0.1, -0.05) is 0 Å². The second kappa shape index (κ2) is 11.4. The lowest BCUT2D eigenvalue weighted by molar-refractivity contribution is -0.142. The number of amides is 2. The summed E-state index contributed by atoms with van der Waals surface area (Å²) in [5, 5.41) is -0.328. The van der Waals surface area contributed by atoms with E-state index in [0.717, 1.165) is 18.5 Å². The lowest BCUT2D eigenvalue weighted by Gasteiger charge is -2.38. The quantitative estimate of drug-likeness (QED) is 0.530. The van der Waals surface area contributed by atoms with Crippen LogP contribution in [0.4, 0.5) is 16.0 Å². The number of benzene rings is 1. The number of anilines is 2. The number of carbonyl (C=O) groups excluding carboxylic acids is 2. The Morgan fingerprint density at radius 1 is 0.974 bits per heavy atom. The Hall–Kier alpha value is -3.28. The topological polar surface area (TPSA) is 107 Å². The third-order valence-corrected chi connectivity index (χ3v) is 9.64. The van der Waals surface area contributed by atoms with Crippen molar-refractivity contribution in [1.82, 2.24) is 19.8 Å². The van der Waals surface area contributed by atoms with Crippen LogP contribution >= 0.6 is 0 Å². The Labute approximate surface area is 228 Å². The molecule has 0 bridgehead atoms. The SMILES string of the molecule is CS(=O)(=O)C1CCN(c2ncc(-c3cc(F)ccc3N3CCN(C(=O)CN4CCCCC4=O)CC3)cn2)CC1. The van der Waals surface area contributed by atoms with Crippen molar-refractivity contribution < 1.29 is 22.4 Å². The van der Waals surface area contributed by atoms with E-state index in [2.05, 4.69) is 14.9 Å². The molecule has 3 saturated heterocycles. The fraction of sp³-hybridized carbons (Fsp3) is 0.556. The van der Waals surface area contributed by atoms with Gasteiger partial charge in [0.05, 0.1) is 11.8 Å². The van der Waals surface area contributed by atoms with Crippen LogP contribution in [-0.4, -0.2) is 104 Å². The van der Waals surface area contributed by atoms with Crippen LogP contribution in [0.25, 0.3) is 11.1 Å². The van der Waals surface area contributed by atoms with E-state index in [1.807, 2.05) is 4.90 Å². The molecule has 1 aromatic heterocycles. The zero-order valence-corrected chi connectivity index (χ0v) is 23.1. The lowest BCUT2D eigenvalue weighted by Crippen LogP contribution is -2.52. The maximum Gasteiger partial charge on any atom is 0.242 e. The van der Waals surface area contributed by atoms with E-state index >= 15 is 0 Å². The van der Waals surface area contributed by atoms with Crippen LogP contribution in [0.5, 0.6) is 0 Å². The van der Waals surface area contributed by atoms with Gasteiger partial charge >= 0.3 is 0 Å². The summed E-state index contributed by atoms with van der Waals surface area (Å²) in [6.07, 6.45) is 8.07. The molecule has 3 aliphatic rings. The maximum absolute atomic E-state index is 14.3. The average Bonchev–Trinajstić information content (AvgIpc) is 2.94. The molecule has 2 aromatic rings. The first kappa shape index (κ1) is 27.3. The molecule has 12 heteroatoms. The van der Waals surface area contributed by atoms with Crippen molar-refractivity contribution in [3.63, 3.8) is 0 Å². The Morgan fingerprint density at radius 3 is 2.31 bits per heavy atom. The van der Waals surface area contributed by atoms with E-state index in [4.69, 9.17) is 0 Å². The number of sulfone groups is 1. The normalized spacial score (nSPS) is 19.5. The predicted molar refractivity (Wildman–Crippen MR) is 147 cm³/mol. The number of nitrogens with zero attached hydrogens (tertiary/aromatic N) is 6. The van der Waals surface area contributed by atoms with Crippen LogP contribution in [0, 0.1) is 5.82 Å². The minimum absolute atomic E-state index is 0.0335. The van der Waals surface area contributed by atoms with E-state index in [1.165, 1.54) is 18.4 Å². The predicted octanol–water partition coefficient (Wildman–Crippen LogP) is 1.96. The highest BCUT2D eigenvalue weighted by Crippen LogP contribution is 2.32. The maximum atomic E-state index is 14.3. The largest absolute Gasteiger partial charge is 0.367 e. The molecule has 2 amide bonds. The summed E-state index contributed by atoms with van der Waals surface area (Å²) in [6, 6.07) is 4.66. The Morgan fingerprint density at radius 2 is 1.67 bits per heavy atom. The average molecular weight is 559 g/mol. The molecule has 1 aromatic carbocycles. The van der Waals surface area contributed by atoms with Crippen LogP contribution in [-0.2, 0) is 19.4 Å². The monoisotopic (exact) mass is 558 g/mol. The first-order valence-corrected chi connectivity index (χ1v) is 15.5. The van der Waals surface area contributed by atoms with Gasteiger partial charge in [-0.15, -0.1) is 0 Å². The van der Waals surface area contributed by atoms with Crippen molar-refractivity contribution in [2.45, 2.75) is 37.4 Å². The Balaban J connectivity index is 1.23. The Bertz CT molecular complexity index is 1310. The molecule has 0 aliphatic carbocycles. The third-order valence-electron chi connectivity index (χ3n) is 7.96. The van der Waals surface area contributed by atoms with Crippen molar-refractivity contribution >= 4 is 33.3 Å². The van der Waals surface area contributed by atoms with E-state index < -0.39 is 9.84 Å². The number of rotatable bonds is 6. The van der Waals surface area contributed by atoms with Crippen molar-refractivity contribution in [2.75, 3.05) is 68.4 Å². The van der Waals surface area contributed by atoms with Crippen LogP contribution in [0.1, 0.15) is 32.1 Å². The van der Waals surface area contributed by atoms with Gasteiger partial charge in [-0.05, 0) is 43.9 Å². The molecule has 210 valence electrons. The van der Waals surface area contributed by atoms with Gasteiger partial charge in [0.25, 0.3) is 0 Å². The second-order valence-corrected chi connectivity index (χ2v) is 12.9. The molecule has 0 saturated carbocycles. The van der Waals surface area contributed by atoms with Crippen molar-refractivity contribution in [2.24, 2.45) is 0 Å².